The molecule has 0 atom stereocenters. The first kappa shape index (κ1) is 32.7. The first-order valence-corrected chi connectivity index (χ1v) is 19.2. The van der Waals surface area contributed by atoms with Gasteiger partial charge in [0.1, 0.15) is 11.2 Å². The molecule has 4 nitrogen and oxygen atoms in total. The minimum absolute atomic E-state index is 0.565. The third kappa shape index (κ3) is 5.83. The molecule has 0 saturated carbocycles. The fourth-order valence-electron chi connectivity index (χ4n) is 8.10. The molecule has 0 unspecified atom stereocenters. The van der Waals surface area contributed by atoms with Crippen LogP contribution in [0.2, 0.25) is 0 Å². The number of para-hydroxylation sites is 2. The topological polar surface area (TPSA) is 51.8 Å². The Hall–Kier alpha value is -7.69. The monoisotopic (exact) mass is 727 g/mol. The predicted octanol–water partition coefficient (Wildman–Crippen LogP) is 14.1. The Kier molecular flexibility index (Phi) is 7.78. The molecule has 4 heteroatoms. The molecule has 0 N–H and O–H groups in total. The van der Waals surface area contributed by atoms with Crippen molar-refractivity contribution in [3.63, 3.8) is 0 Å². The maximum Gasteiger partial charge on any atom is 0.167 e. The Morgan fingerprint density at radius 2 is 0.825 bits per heavy atom. The van der Waals surface area contributed by atoms with Gasteiger partial charge in [-0.2, -0.15) is 0 Å². The van der Waals surface area contributed by atoms with Gasteiger partial charge in [0.15, 0.2) is 17.5 Å². The first-order valence-electron chi connectivity index (χ1n) is 19.2. The average Bonchev–Trinajstić information content (AvgIpc) is 3.68. The van der Waals surface area contributed by atoms with Crippen molar-refractivity contribution in [2.75, 3.05) is 0 Å². The highest BCUT2D eigenvalue weighted by atomic mass is 16.3. The molecule has 0 saturated heterocycles. The average molecular weight is 728 g/mol. The van der Waals surface area contributed by atoms with E-state index in [1.165, 1.54) is 43.8 Å². The fourth-order valence-corrected chi connectivity index (χ4v) is 8.10. The van der Waals surface area contributed by atoms with E-state index in [-0.39, 0.29) is 0 Å². The van der Waals surface area contributed by atoms with E-state index in [4.69, 9.17) is 19.4 Å². The number of aromatic nitrogens is 3. The first-order chi connectivity index (χ1) is 28.2. The molecule has 0 aliphatic rings. The molecule has 0 aliphatic carbocycles. The van der Waals surface area contributed by atoms with Crippen molar-refractivity contribution in [2.45, 2.75) is 0 Å². The van der Waals surface area contributed by atoms with Gasteiger partial charge >= 0.3 is 0 Å². The van der Waals surface area contributed by atoms with Crippen LogP contribution in [0.15, 0.2) is 205 Å². The normalized spacial score (nSPS) is 11.5. The molecule has 0 fully saturated rings. The Balaban J connectivity index is 1.03. The van der Waals surface area contributed by atoms with Gasteiger partial charge in [-0.25, -0.2) is 15.0 Å². The van der Waals surface area contributed by atoms with Crippen LogP contribution in [0.1, 0.15) is 0 Å². The number of fused-ring (bicyclic) bond motifs is 6. The lowest BCUT2D eigenvalue weighted by Crippen LogP contribution is -2.00. The van der Waals surface area contributed by atoms with Crippen molar-refractivity contribution in [1.29, 1.82) is 0 Å². The minimum Gasteiger partial charge on any atom is -0.455 e. The van der Waals surface area contributed by atoms with E-state index in [1.807, 2.05) is 60.7 Å². The van der Waals surface area contributed by atoms with Gasteiger partial charge in [-0.15, -0.1) is 0 Å². The molecule has 57 heavy (non-hydrogen) atoms. The van der Waals surface area contributed by atoms with Crippen LogP contribution in [0.25, 0.3) is 111 Å². The number of furan rings is 1. The lowest BCUT2D eigenvalue weighted by atomic mass is 9.91. The summed E-state index contributed by atoms with van der Waals surface area (Å²) in [5.41, 5.74) is 11.3. The number of hydrogen-bond acceptors (Lipinski definition) is 4. The van der Waals surface area contributed by atoms with Crippen LogP contribution in [0.4, 0.5) is 0 Å². The summed E-state index contributed by atoms with van der Waals surface area (Å²) in [6.45, 7) is 0. The SMILES string of the molecule is c1ccc(-c2ccc(-c3ccc4cc(-c5cccc(-c6nc(-c7ccccc7)nc(-c7cccc8c7oc7ccccc78)n6)c5)c5ccccc5c4c3)cc2)cc1. The summed E-state index contributed by atoms with van der Waals surface area (Å²) in [6, 6.07) is 70.1. The van der Waals surface area contributed by atoms with E-state index in [0.717, 1.165) is 49.8 Å². The third-order valence-corrected chi connectivity index (χ3v) is 10.9. The molecule has 11 aromatic rings. The van der Waals surface area contributed by atoms with Crippen molar-refractivity contribution in [3.8, 4) is 67.5 Å². The van der Waals surface area contributed by atoms with Crippen molar-refractivity contribution in [1.82, 2.24) is 15.0 Å². The van der Waals surface area contributed by atoms with Gasteiger partial charge in [0.25, 0.3) is 0 Å². The van der Waals surface area contributed by atoms with E-state index in [1.54, 1.807) is 0 Å². The Bertz CT molecular complexity index is 3280. The van der Waals surface area contributed by atoms with Gasteiger partial charge in [0.05, 0.1) is 5.56 Å². The number of benzene rings is 9. The molecule has 2 aromatic heterocycles. The summed E-state index contributed by atoms with van der Waals surface area (Å²) in [6.07, 6.45) is 0. The summed E-state index contributed by atoms with van der Waals surface area (Å²) in [5.74, 6) is 1.77. The van der Waals surface area contributed by atoms with Crippen LogP contribution in [0.3, 0.4) is 0 Å². The maximum atomic E-state index is 6.44. The summed E-state index contributed by atoms with van der Waals surface area (Å²) in [4.78, 5) is 15.3. The Morgan fingerprint density at radius 3 is 1.61 bits per heavy atom. The molecular weight excluding hydrogens is 695 g/mol. The molecule has 0 radical (unpaired) electrons. The second-order valence-corrected chi connectivity index (χ2v) is 14.4. The second-order valence-electron chi connectivity index (χ2n) is 14.4. The third-order valence-electron chi connectivity index (χ3n) is 10.9. The summed E-state index contributed by atoms with van der Waals surface area (Å²) >= 11 is 0. The van der Waals surface area contributed by atoms with Crippen molar-refractivity contribution >= 4 is 43.5 Å². The largest absolute Gasteiger partial charge is 0.455 e. The summed E-state index contributed by atoms with van der Waals surface area (Å²) in [7, 11) is 0. The second kappa shape index (κ2) is 13.6. The smallest absolute Gasteiger partial charge is 0.167 e. The van der Waals surface area contributed by atoms with Gasteiger partial charge in [-0.05, 0) is 85.3 Å². The number of rotatable bonds is 6. The highest BCUT2D eigenvalue weighted by Gasteiger charge is 2.18. The van der Waals surface area contributed by atoms with E-state index >= 15 is 0 Å². The number of hydrogen-bond donors (Lipinski definition) is 0. The lowest BCUT2D eigenvalue weighted by Gasteiger charge is -2.14. The van der Waals surface area contributed by atoms with Crippen LogP contribution < -0.4 is 0 Å². The van der Waals surface area contributed by atoms with Gasteiger partial charge in [0, 0.05) is 21.9 Å². The summed E-state index contributed by atoms with van der Waals surface area (Å²) in [5, 5.41) is 6.92. The molecule has 0 amide bonds. The zero-order valence-corrected chi connectivity index (χ0v) is 30.8. The predicted molar refractivity (Wildman–Crippen MR) is 235 cm³/mol. The molecular formula is C53H33N3O. The van der Waals surface area contributed by atoms with E-state index in [2.05, 4.69) is 140 Å². The molecule has 0 bridgehead atoms. The number of nitrogens with zero attached hydrogens (tertiary/aromatic N) is 3. The minimum atomic E-state index is 0.565. The van der Waals surface area contributed by atoms with Crippen molar-refractivity contribution in [3.05, 3.63) is 200 Å². The quantitative estimate of drug-likeness (QED) is 0.160. The molecule has 0 spiro atoms. The van der Waals surface area contributed by atoms with Crippen molar-refractivity contribution < 1.29 is 4.42 Å². The standard InChI is InChI=1S/C53H33N3O/c1-3-13-34(14-4-1)35-25-27-36(28-26-35)38-29-30-40-33-48(43-20-8-7-19-42(43)47(40)32-38)39-17-11-18-41(31-39)52-54-51(37-15-5-2-6-16-37)55-53(56-52)46-23-12-22-45-44-21-9-10-24-49(44)57-50(45)46/h1-33H. The fraction of sp³-hybridized carbons (Fsp3) is 0. The molecule has 2 heterocycles. The van der Waals surface area contributed by atoms with Crippen LogP contribution in [-0.2, 0) is 0 Å². The van der Waals surface area contributed by atoms with Gasteiger partial charge < -0.3 is 4.42 Å². The van der Waals surface area contributed by atoms with Gasteiger partial charge in [0.2, 0.25) is 0 Å². The highest BCUT2D eigenvalue weighted by molar-refractivity contribution is 6.15. The molecule has 0 aliphatic heterocycles. The van der Waals surface area contributed by atoms with E-state index in [9.17, 15) is 0 Å². The Labute approximate surface area is 329 Å². The summed E-state index contributed by atoms with van der Waals surface area (Å²) < 4.78 is 6.44. The van der Waals surface area contributed by atoms with Crippen LogP contribution in [-0.4, -0.2) is 15.0 Å². The van der Waals surface area contributed by atoms with E-state index in [0.29, 0.717) is 17.5 Å². The molecule has 266 valence electrons. The highest BCUT2D eigenvalue weighted by Crippen LogP contribution is 2.39. The van der Waals surface area contributed by atoms with E-state index < -0.39 is 0 Å². The van der Waals surface area contributed by atoms with Gasteiger partial charge in [-0.1, -0.05) is 170 Å². The zero-order chi connectivity index (χ0) is 37.7. The maximum absolute atomic E-state index is 6.44. The lowest BCUT2D eigenvalue weighted by molar-refractivity contribution is 0.669. The van der Waals surface area contributed by atoms with Crippen LogP contribution in [0, 0.1) is 0 Å². The van der Waals surface area contributed by atoms with Crippen LogP contribution >= 0.6 is 0 Å². The van der Waals surface area contributed by atoms with Gasteiger partial charge in [-0.3, -0.25) is 0 Å². The molecule has 9 aromatic carbocycles. The zero-order valence-electron chi connectivity index (χ0n) is 30.8. The molecule has 11 rings (SSSR count). The Morgan fingerprint density at radius 1 is 0.281 bits per heavy atom. The van der Waals surface area contributed by atoms with Crippen LogP contribution in [0.5, 0.6) is 0 Å². The van der Waals surface area contributed by atoms with Crippen molar-refractivity contribution in [2.24, 2.45) is 0 Å².